The zero-order valence-corrected chi connectivity index (χ0v) is 35.6. The van der Waals surface area contributed by atoms with Crippen LogP contribution < -0.4 is 0 Å². The molecule has 1 fully saturated rings. The zero-order valence-electron chi connectivity index (χ0n) is 35.6. The number of hydrogen-bond acceptors (Lipinski definition) is 8. The van der Waals surface area contributed by atoms with Crippen LogP contribution in [0.25, 0.3) is 0 Å². The van der Waals surface area contributed by atoms with E-state index in [1.54, 1.807) is 0 Å². The van der Waals surface area contributed by atoms with Crippen molar-refractivity contribution in [3.8, 4) is 0 Å². The van der Waals surface area contributed by atoms with E-state index in [0.29, 0.717) is 0 Å². The fourth-order valence-corrected chi connectivity index (χ4v) is 7.60. The van der Waals surface area contributed by atoms with Crippen molar-refractivity contribution in [1.82, 2.24) is 0 Å². The summed E-state index contributed by atoms with van der Waals surface area (Å²) >= 11 is 0. The molecule has 54 heavy (non-hydrogen) atoms. The number of carbonyl (C=O) groups is 4. The van der Waals surface area contributed by atoms with Crippen molar-refractivity contribution in [2.45, 2.75) is 220 Å². The molecule has 0 spiro atoms. The third kappa shape index (κ3) is 24.4. The molecule has 8 nitrogen and oxygen atoms in total. The molecule has 1 aliphatic rings. The van der Waals surface area contributed by atoms with Gasteiger partial charge in [0.15, 0.2) is 0 Å². The second-order valence-corrected chi connectivity index (χ2v) is 16.1. The Morgan fingerprint density at radius 1 is 0.296 bits per heavy atom. The first-order chi connectivity index (χ1) is 26.4. The topological polar surface area (TPSA) is 105 Å². The van der Waals surface area contributed by atoms with E-state index in [4.69, 9.17) is 18.9 Å². The summed E-state index contributed by atoms with van der Waals surface area (Å²) in [7, 11) is 0. The molecule has 0 amide bonds. The molecule has 0 N–H and O–H groups in total. The standard InChI is InChI=1S/C46H84O8/c1-5-9-13-17-21-25-29-33-51-43(47)39-37-41(45(49)53-35-31-27-23-19-15-11-7-3)42(46(50)54-36-32-28-24-20-16-12-8-4)38-40(39)44(48)52-34-30-26-22-18-14-10-6-2/h39-42H,5-38H2,1-4H3. The molecule has 4 atom stereocenters. The summed E-state index contributed by atoms with van der Waals surface area (Å²) in [6.45, 7) is 9.92. The summed E-state index contributed by atoms with van der Waals surface area (Å²) in [6.07, 6.45) is 30.7. The van der Waals surface area contributed by atoms with Crippen LogP contribution >= 0.6 is 0 Å². The van der Waals surface area contributed by atoms with Gasteiger partial charge in [0.25, 0.3) is 0 Å². The van der Waals surface area contributed by atoms with Crippen LogP contribution in [0.3, 0.4) is 0 Å². The van der Waals surface area contributed by atoms with E-state index < -0.39 is 47.5 Å². The van der Waals surface area contributed by atoms with Gasteiger partial charge in [0, 0.05) is 0 Å². The van der Waals surface area contributed by atoms with Crippen LogP contribution in [0.5, 0.6) is 0 Å². The Morgan fingerprint density at radius 3 is 0.648 bits per heavy atom. The molecule has 316 valence electrons. The Bertz CT molecular complexity index is 790. The Morgan fingerprint density at radius 2 is 0.463 bits per heavy atom. The number of rotatable bonds is 36. The van der Waals surface area contributed by atoms with Crippen LogP contribution in [0.15, 0.2) is 0 Å². The quantitative estimate of drug-likeness (QED) is 0.0353. The van der Waals surface area contributed by atoms with Crippen molar-refractivity contribution in [3.63, 3.8) is 0 Å². The molecular weight excluding hydrogens is 680 g/mol. The van der Waals surface area contributed by atoms with E-state index >= 15 is 0 Å². The van der Waals surface area contributed by atoms with Gasteiger partial charge in [-0.15, -0.1) is 0 Å². The Kier molecular flexibility index (Phi) is 32.6. The van der Waals surface area contributed by atoms with Crippen molar-refractivity contribution in [2.75, 3.05) is 26.4 Å². The highest BCUT2D eigenvalue weighted by molar-refractivity contribution is 5.87. The number of ether oxygens (including phenoxy) is 4. The molecule has 0 aromatic carbocycles. The zero-order chi connectivity index (χ0) is 39.5. The monoisotopic (exact) mass is 765 g/mol. The lowest BCUT2D eigenvalue weighted by molar-refractivity contribution is -0.175. The van der Waals surface area contributed by atoms with Crippen LogP contribution in [-0.4, -0.2) is 50.3 Å². The first-order valence-electron chi connectivity index (χ1n) is 23.1. The van der Waals surface area contributed by atoms with Gasteiger partial charge in [0.05, 0.1) is 50.1 Å². The van der Waals surface area contributed by atoms with E-state index in [1.165, 1.54) is 103 Å². The summed E-state index contributed by atoms with van der Waals surface area (Å²) in [5, 5.41) is 0. The first-order valence-corrected chi connectivity index (χ1v) is 23.1. The Labute approximate surface area is 331 Å². The van der Waals surface area contributed by atoms with E-state index in [2.05, 4.69) is 27.7 Å². The van der Waals surface area contributed by atoms with Crippen LogP contribution in [0, 0.1) is 23.7 Å². The molecule has 0 bridgehead atoms. The summed E-state index contributed by atoms with van der Waals surface area (Å²) in [5.74, 6) is -5.45. The molecule has 8 heteroatoms. The average Bonchev–Trinajstić information content (AvgIpc) is 3.18. The maximum Gasteiger partial charge on any atom is 0.309 e. The molecule has 0 radical (unpaired) electrons. The van der Waals surface area contributed by atoms with Gasteiger partial charge in [-0.25, -0.2) is 0 Å². The SMILES string of the molecule is CCCCCCCCCOC(=O)C1CC(C(=O)OCCCCCCCCC)C(C(=O)OCCCCCCCCC)CC1C(=O)OCCCCCCCCC. The van der Waals surface area contributed by atoms with Crippen molar-refractivity contribution < 1.29 is 38.1 Å². The molecule has 0 heterocycles. The smallest absolute Gasteiger partial charge is 0.309 e. The highest BCUT2D eigenvalue weighted by atomic mass is 16.5. The van der Waals surface area contributed by atoms with Gasteiger partial charge in [0.1, 0.15) is 0 Å². The van der Waals surface area contributed by atoms with Gasteiger partial charge >= 0.3 is 23.9 Å². The molecule has 1 aliphatic carbocycles. The molecule has 0 aromatic heterocycles. The van der Waals surface area contributed by atoms with E-state index in [-0.39, 0.29) is 39.3 Å². The third-order valence-corrected chi connectivity index (χ3v) is 11.2. The highest BCUT2D eigenvalue weighted by Gasteiger charge is 2.51. The minimum absolute atomic E-state index is 0.0140. The van der Waals surface area contributed by atoms with Crippen molar-refractivity contribution in [1.29, 1.82) is 0 Å². The van der Waals surface area contributed by atoms with Crippen LogP contribution in [0.1, 0.15) is 220 Å². The van der Waals surface area contributed by atoms with Gasteiger partial charge in [-0.1, -0.05) is 182 Å². The number of hydrogen-bond donors (Lipinski definition) is 0. The third-order valence-electron chi connectivity index (χ3n) is 11.2. The summed E-state index contributed by atoms with van der Waals surface area (Å²) in [5.41, 5.74) is 0. The molecule has 0 saturated heterocycles. The van der Waals surface area contributed by atoms with E-state index in [9.17, 15) is 19.2 Å². The molecule has 1 rings (SSSR count). The number of esters is 4. The van der Waals surface area contributed by atoms with Gasteiger partial charge in [0.2, 0.25) is 0 Å². The van der Waals surface area contributed by atoms with E-state index in [0.717, 1.165) is 77.0 Å². The molecule has 0 aromatic rings. The normalized spacial score (nSPS) is 18.3. The van der Waals surface area contributed by atoms with Gasteiger partial charge in [-0.2, -0.15) is 0 Å². The van der Waals surface area contributed by atoms with Crippen LogP contribution in [0.2, 0.25) is 0 Å². The maximum atomic E-state index is 13.7. The van der Waals surface area contributed by atoms with Gasteiger partial charge < -0.3 is 18.9 Å². The van der Waals surface area contributed by atoms with Gasteiger partial charge in [-0.05, 0) is 38.5 Å². The minimum Gasteiger partial charge on any atom is -0.465 e. The highest BCUT2D eigenvalue weighted by Crippen LogP contribution is 2.41. The molecule has 4 unspecified atom stereocenters. The van der Waals surface area contributed by atoms with Crippen molar-refractivity contribution >= 4 is 23.9 Å². The van der Waals surface area contributed by atoms with Crippen LogP contribution in [0.4, 0.5) is 0 Å². The Hall–Kier alpha value is -2.12. The molecular formula is C46H84O8. The Balaban J connectivity index is 2.99. The molecule has 1 saturated carbocycles. The second-order valence-electron chi connectivity index (χ2n) is 16.1. The van der Waals surface area contributed by atoms with E-state index in [1.807, 2.05) is 0 Å². The number of carbonyl (C=O) groups excluding carboxylic acids is 4. The van der Waals surface area contributed by atoms with Crippen molar-refractivity contribution in [2.24, 2.45) is 23.7 Å². The lowest BCUT2D eigenvalue weighted by atomic mass is 9.68. The maximum absolute atomic E-state index is 13.7. The lowest BCUT2D eigenvalue weighted by Gasteiger charge is -2.37. The first kappa shape index (κ1) is 49.9. The average molecular weight is 765 g/mol. The summed E-state index contributed by atoms with van der Waals surface area (Å²) in [4.78, 5) is 54.7. The van der Waals surface area contributed by atoms with Crippen molar-refractivity contribution in [3.05, 3.63) is 0 Å². The largest absolute Gasteiger partial charge is 0.465 e. The second kappa shape index (κ2) is 35.3. The van der Waals surface area contributed by atoms with Gasteiger partial charge in [-0.3, -0.25) is 19.2 Å². The van der Waals surface area contributed by atoms with Crippen LogP contribution in [-0.2, 0) is 38.1 Å². The summed E-state index contributed by atoms with van der Waals surface area (Å²) in [6, 6.07) is 0. The fraction of sp³-hybridized carbons (Fsp3) is 0.913. The number of unbranched alkanes of at least 4 members (excludes halogenated alkanes) is 24. The predicted molar refractivity (Wildman–Crippen MR) is 219 cm³/mol. The summed E-state index contributed by atoms with van der Waals surface area (Å²) < 4.78 is 23.1. The molecule has 0 aliphatic heterocycles. The lowest BCUT2D eigenvalue weighted by Crippen LogP contribution is -2.46. The fourth-order valence-electron chi connectivity index (χ4n) is 7.60. The minimum atomic E-state index is -0.876. The predicted octanol–water partition coefficient (Wildman–Crippen LogP) is 12.4.